The van der Waals surface area contributed by atoms with Crippen molar-refractivity contribution in [2.75, 3.05) is 17.7 Å². The lowest BCUT2D eigenvalue weighted by molar-refractivity contribution is -0.144. The third kappa shape index (κ3) is 5.44. The standard InChI is InChI=1S/C22H18FN5O4S/c1-14-11-19(32-27-14)24-18(29)12-31-20(30)13-33-22-26-25-21(16-9-5-6-10-17(16)23)28(22)15-7-3-2-4-8-15/h2-11H,12-13H2,1H3,(H,24,29). The first kappa shape index (κ1) is 22.2. The number of aromatic nitrogens is 4. The van der Waals surface area contributed by atoms with Crippen molar-refractivity contribution >= 4 is 29.5 Å². The molecule has 2 aromatic carbocycles. The third-order valence-electron chi connectivity index (χ3n) is 4.34. The second kappa shape index (κ2) is 10.1. The lowest BCUT2D eigenvalue weighted by atomic mass is 10.2. The van der Waals surface area contributed by atoms with Gasteiger partial charge in [0.2, 0.25) is 5.88 Å². The summed E-state index contributed by atoms with van der Waals surface area (Å²) in [6.45, 7) is 1.23. The quantitative estimate of drug-likeness (QED) is 0.309. The van der Waals surface area contributed by atoms with Crippen LogP contribution in [0.1, 0.15) is 5.69 Å². The predicted octanol–water partition coefficient (Wildman–Crippen LogP) is 3.64. The van der Waals surface area contributed by atoms with Crippen molar-refractivity contribution in [3.63, 3.8) is 0 Å². The highest BCUT2D eigenvalue weighted by Crippen LogP contribution is 2.29. The molecule has 4 aromatic rings. The molecule has 0 unspecified atom stereocenters. The largest absolute Gasteiger partial charge is 0.455 e. The van der Waals surface area contributed by atoms with Crippen LogP contribution in [0.25, 0.3) is 17.1 Å². The van der Waals surface area contributed by atoms with Crippen LogP contribution < -0.4 is 5.32 Å². The summed E-state index contributed by atoms with van der Waals surface area (Å²) in [7, 11) is 0. The summed E-state index contributed by atoms with van der Waals surface area (Å²) >= 11 is 1.06. The molecule has 2 heterocycles. The SMILES string of the molecule is Cc1cc(NC(=O)COC(=O)CSc2nnc(-c3ccccc3F)n2-c2ccccc2)on1. The number of esters is 1. The molecule has 0 radical (unpaired) electrons. The van der Waals surface area contributed by atoms with Crippen molar-refractivity contribution in [3.8, 4) is 17.1 Å². The summed E-state index contributed by atoms with van der Waals surface area (Å²) in [6.07, 6.45) is 0. The number of hydrogen-bond acceptors (Lipinski definition) is 8. The Labute approximate surface area is 191 Å². The number of amides is 1. The van der Waals surface area contributed by atoms with Crippen LogP contribution in [0.5, 0.6) is 0 Å². The lowest BCUT2D eigenvalue weighted by Gasteiger charge is -2.10. The van der Waals surface area contributed by atoms with E-state index in [9.17, 15) is 14.0 Å². The van der Waals surface area contributed by atoms with Gasteiger partial charge in [-0.3, -0.25) is 19.5 Å². The molecule has 0 saturated carbocycles. The van der Waals surface area contributed by atoms with E-state index in [4.69, 9.17) is 9.26 Å². The van der Waals surface area contributed by atoms with Crippen LogP contribution in [-0.2, 0) is 14.3 Å². The normalized spacial score (nSPS) is 10.7. The minimum absolute atomic E-state index is 0.128. The molecule has 33 heavy (non-hydrogen) atoms. The number of hydrogen-bond donors (Lipinski definition) is 1. The molecular weight excluding hydrogens is 449 g/mol. The molecule has 0 aliphatic heterocycles. The number of thioether (sulfide) groups is 1. The summed E-state index contributed by atoms with van der Waals surface area (Å²) in [6, 6.07) is 17.0. The van der Waals surface area contributed by atoms with E-state index >= 15 is 0 Å². The Morgan fingerprint density at radius 3 is 2.61 bits per heavy atom. The van der Waals surface area contributed by atoms with Gasteiger partial charge in [0.05, 0.1) is 17.0 Å². The van der Waals surface area contributed by atoms with Crippen molar-refractivity contribution in [2.24, 2.45) is 0 Å². The fourth-order valence-electron chi connectivity index (χ4n) is 2.90. The molecule has 0 fully saturated rings. The third-order valence-corrected chi connectivity index (χ3v) is 5.24. The Morgan fingerprint density at radius 2 is 1.88 bits per heavy atom. The zero-order valence-electron chi connectivity index (χ0n) is 17.4. The summed E-state index contributed by atoms with van der Waals surface area (Å²) in [5, 5.41) is 14.7. The second-order valence-electron chi connectivity index (χ2n) is 6.79. The Balaban J connectivity index is 1.44. The second-order valence-corrected chi connectivity index (χ2v) is 7.73. The van der Waals surface area contributed by atoms with Crippen LogP contribution in [0.2, 0.25) is 0 Å². The fourth-order valence-corrected chi connectivity index (χ4v) is 3.65. The molecule has 0 spiro atoms. The van der Waals surface area contributed by atoms with Gasteiger partial charge in [-0.05, 0) is 31.2 Å². The molecule has 1 N–H and O–H groups in total. The predicted molar refractivity (Wildman–Crippen MR) is 118 cm³/mol. The maximum absolute atomic E-state index is 14.4. The van der Waals surface area contributed by atoms with Gasteiger partial charge in [-0.2, -0.15) is 0 Å². The van der Waals surface area contributed by atoms with Crippen molar-refractivity contribution in [2.45, 2.75) is 12.1 Å². The molecule has 0 bridgehead atoms. The van der Waals surface area contributed by atoms with Crippen LogP contribution >= 0.6 is 11.8 Å². The molecule has 168 valence electrons. The molecule has 0 saturated heterocycles. The Hall–Kier alpha value is -3.99. The van der Waals surface area contributed by atoms with E-state index in [1.807, 2.05) is 30.3 Å². The van der Waals surface area contributed by atoms with Crippen LogP contribution in [0.4, 0.5) is 10.3 Å². The van der Waals surface area contributed by atoms with E-state index < -0.39 is 24.3 Å². The number of rotatable bonds is 8. The first-order valence-electron chi connectivity index (χ1n) is 9.78. The number of anilines is 1. The van der Waals surface area contributed by atoms with E-state index in [1.165, 1.54) is 6.07 Å². The molecular formula is C22H18FN5O4S. The van der Waals surface area contributed by atoms with Gasteiger partial charge in [0, 0.05) is 11.8 Å². The van der Waals surface area contributed by atoms with Crippen LogP contribution in [-0.4, -0.2) is 44.2 Å². The number of halogens is 1. The van der Waals surface area contributed by atoms with Gasteiger partial charge in [-0.1, -0.05) is 47.3 Å². The first-order valence-corrected chi connectivity index (χ1v) is 10.8. The van der Waals surface area contributed by atoms with E-state index in [2.05, 4.69) is 20.7 Å². The molecule has 1 amide bonds. The monoisotopic (exact) mass is 467 g/mol. The van der Waals surface area contributed by atoms with Crippen LogP contribution in [0, 0.1) is 12.7 Å². The van der Waals surface area contributed by atoms with E-state index in [0.717, 1.165) is 11.8 Å². The summed E-state index contributed by atoms with van der Waals surface area (Å²) < 4.78 is 26.0. The number of nitrogens with zero attached hydrogens (tertiary/aromatic N) is 4. The van der Waals surface area contributed by atoms with Gasteiger partial charge in [-0.15, -0.1) is 10.2 Å². The van der Waals surface area contributed by atoms with Crippen molar-refractivity contribution in [1.82, 2.24) is 19.9 Å². The molecule has 0 aliphatic carbocycles. The number of ether oxygens (including phenoxy) is 1. The fraction of sp³-hybridized carbons (Fsp3) is 0.136. The number of benzene rings is 2. The summed E-state index contributed by atoms with van der Waals surface area (Å²) in [5.41, 5.74) is 1.59. The highest BCUT2D eigenvalue weighted by atomic mass is 32.2. The van der Waals surface area contributed by atoms with Gasteiger partial charge < -0.3 is 9.26 Å². The minimum atomic E-state index is -0.626. The number of carbonyl (C=O) groups excluding carboxylic acids is 2. The minimum Gasteiger partial charge on any atom is -0.455 e. The summed E-state index contributed by atoms with van der Waals surface area (Å²) in [4.78, 5) is 24.1. The van der Waals surface area contributed by atoms with E-state index in [1.54, 1.807) is 35.8 Å². The number of nitrogens with one attached hydrogen (secondary N) is 1. The highest BCUT2D eigenvalue weighted by Gasteiger charge is 2.20. The van der Waals surface area contributed by atoms with Crippen LogP contribution in [0.15, 0.2) is 70.3 Å². The van der Waals surface area contributed by atoms with Crippen molar-refractivity contribution in [3.05, 3.63) is 72.2 Å². The Kier molecular flexibility index (Phi) is 6.79. The average molecular weight is 467 g/mol. The van der Waals surface area contributed by atoms with Gasteiger partial charge in [-0.25, -0.2) is 4.39 Å². The maximum atomic E-state index is 14.4. The Bertz CT molecular complexity index is 1270. The summed E-state index contributed by atoms with van der Waals surface area (Å²) in [5.74, 6) is -1.28. The van der Waals surface area contributed by atoms with Crippen LogP contribution in [0.3, 0.4) is 0 Å². The van der Waals surface area contributed by atoms with Gasteiger partial charge >= 0.3 is 5.97 Å². The Morgan fingerprint density at radius 1 is 1.12 bits per heavy atom. The highest BCUT2D eigenvalue weighted by molar-refractivity contribution is 7.99. The maximum Gasteiger partial charge on any atom is 0.316 e. The number of carbonyl (C=O) groups is 2. The number of para-hydroxylation sites is 1. The molecule has 4 rings (SSSR count). The average Bonchev–Trinajstić information content (AvgIpc) is 3.43. The zero-order valence-corrected chi connectivity index (χ0v) is 18.2. The smallest absolute Gasteiger partial charge is 0.316 e. The first-order chi connectivity index (χ1) is 16.0. The zero-order chi connectivity index (χ0) is 23.2. The topological polar surface area (TPSA) is 112 Å². The number of aryl methyl sites for hydroxylation is 1. The van der Waals surface area contributed by atoms with E-state index in [0.29, 0.717) is 22.4 Å². The van der Waals surface area contributed by atoms with Crippen molar-refractivity contribution in [1.29, 1.82) is 0 Å². The molecule has 0 atom stereocenters. The van der Waals surface area contributed by atoms with Gasteiger partial charge in [0.15, 0.2) is 17.6 Å². The van der Waals surface area contributed by atoms with Gasteiger partial charge in [0.25, 0.3) is 5.91 Å². The van der Waals surface area contributed by atoms with Gasteiger partial charge in [0.1, 0.15) is 5.82 Å². The molecule has 11 heteroatoms. The van der Waals surface area contributed by atoms with E-state index in [-0.39, 0.29) is 17.2 Å². The lowest BCUT2D eigenvalue weighted by Crippen LogP contribution is -2.21. The van der Waals surface area contributed by atoms with Crippen molar-refractivity contribution < 1.29 is 23.2 Å². The molecule has 9 nitrogen and oxygen atoms in total. The molecule has 0 aliphatic rings. The molecule has 2 aromatic heterocycles.